The van der Waals surface area contributed by atoms with Crippen molar-refractivity contribution in [3.8, 4) is 0 Å². The Bertz CT molecular complexity index is 525. The fourth-order valence-electron chi connectivity index (χ4n) is 4.68. The Morgan fingerprint density at radius 2 is 1.97 bits per heavy atom. The number of piperidine rings is 1. The first-order valence-electron chi connectivity index (χ1n) is 11.2. The third-order valence-electron chi connectivity index (χ3n) is 7.05. The highest BCUT2D eigenvalue weighted by Gasteiger charge is 2.37. The highest BCUT2D eigenvalue weighted by atomic mass is 16.5. The zero-order valence-electron chi connectivity index (χ0n) is 18.5. The molecule has 0 aromatic heterocycles. The molecule has 0 radical (unpaired) electrons. The van der Waals surface area contributed by atoms with Crippen LogP contribution in [0.1, 0.15) is 39.5 Å². The van der Waals surface area contributed by atoms with E-state index in [-0.39, 0.29) is 5.91 Å². The average Bonchev–Trinajstić information content (AvgIpc) is 2.64. The number of hydrogen-bond donors (Lipinski definition) is 1. The normalized spacial score (nSPS) is 33.2. The van der Waals surface area contributed by atoms with Crippen LogP contribution in [-0.4, -0.2) is 99.3 Å². The number of rotatable bonds is 4. The fourth-order valence-corrected chi connectivity index (χ4v) is 4.68. The molecule has 0 bridgehead atoms. The molecular weight excluding hydrogens is 372 g/mol. The number of carbonyl (C=O) groups excluding carboxylic acids is 1. The van der Waals surface area contributed by atoms with Crippen LogP contribution in [0.25, 0.3) is 0 Å². The van der Waals surface area contributed by atoms with Crippen molar-refractivity contribution >= 4 is 5.91 Å². The topological polar surface area (TPSA) is 71.5 Å². The molecule has 3 heterocycles. The first-order chi connectivity index (χ1) is 13.9. The summed E-state index contributed by atoms with van der Waals surface area (Å²) in [6.07, 6.45) is 3.09. The SMILES string of the molecule is COCCN1C[C@H](O)C(C)(C)COCCC[C@H]2CN(C3COC3)CC[C@H]2CC1=O. The average molecular weight is 413 g/mol. The molecule has 3 aliphatic rings. The van der Waals surface area contributed by atoms with Crippen molar-refractivity contribution < 1.29 is 24.1 Å². The number of hydrogen-bond acceptors (Lipinski definition) is 6. The molecule has 168 valence electrons. The molecule has 0 spiro atoms. The van der Waals surface area contributed by atoms with Crippen molar-refractivity contribution in [3.05, 3.63) is 0 Å². The summed E-state index contributed by atoms with van der Waals surface area (Å²) in [6, 6.07) is 0.557. The molecule has 1 N–H and O–H groups in total. The first-order valence-corrected chi connectivity index (χ1v) is 11.2. The lowest BCUT2D eigenvalue weighted by Crippen LogP contribution is -2.54. The van der Waals surface area contributed by atoms with Gasteiger partial charge in [-0.05, 0) is 37.6 Å². The lowest BCUT2D eigenvalue weighted by Gasteiger charge is -2.45. The van der Waals surface area contributed by atoms with Gasteiger partial charge in [0.25, 0.3) is 0 Å². The zero-order chi connectivity index (χ0) is 20.9. The molecule has 7 heteroatoms. The zero-order valence-corrected chi connectivity index (χ0v) is 18.5. The van der Waals surface area contributed by atoms with Crippen molar-refractivity contribution in [1.82, 2.24) is 9.80 Å². The minimum Gasteiger partial charge on any atom is -0.391 e. The number of methoxy groups -OCH3 is 1. The summed E-state index contributed by atoms with van der Waals surface area (Å²) < 4.78 is 16.6. The van der Waals surface area contributed by atoms with Crippen molar-refractivity contribution in [1.29, 1.82) is 0 Å². The Hall–Kier alpha value is -0.730. The van der Waals surface area contributed by atoms with Crippen LogP contribution in [0.3, 0.4) is 0 Å². The standard InChI is InChI=1S/C22H40N2O5/c1-22(2)16-28-9-4-5-18-12-23(19-14-29-15-19)7-6-17(18)11-21(26)24(8-10-27-3)13-20(22)25/h17-20,25H,4-16H2,1-3H3/t17-,18-,20-/m0/s1. The molecule has 3 aliphatic heterocycles. The van der Waals surface area contributed by atoms with Gasteiger partial charge in [-0.2, -0.15) is 0 Å². The predicted octanol–water partition coefficient (Wildman–Crippen LogP) is 1.39. The van der Waals surface area contributed by atoms with E-state index in [1.165, 1.54) is 0 Å². The van der Waals surface area contributed by atoms with Crippen LogP contribution >= 0.6 is 0 Å². The van der Waals surface area contributed by atoms with Crippen LogP contribution in [0.15, 0.2) is 0 Å². The summed E-state index contributed by atoms with van der Waals surface area (Å²) in [5.41, 5.74) is -0.395. The van der Waals surface area contributed by atoms with Crippen molar-refractivity contribution in [2.45, 2.75) is 51.7 Å². The predicted molar refractivity (Wildman–Crippen MR) is 111 cm³/mol. The molecule has 3 saturated heterocycles. The van der Waals surface area contributed by atoms with Crippen LogP contribution < -0.4 is 0 Å². The van der Waals surface area contributed by atoms with E-state index in [2.05, 4.69) is 4.90 Å². The molecule has 1 amide bonds. The molecular formula is C22H40N2O5. The second kappa shape index (κ2) is 10.5. The van der Waals surface area contributed by atoms with E-state index in [1.807, 2.05) is 13.8 Å². The number of aliphatic hydroxyl groups is 1. The van der Waals surface area contributed by atoms with E-state index in [0.717, 1.165) is 45.6 Å². The molecule has 3 rings (SSSR count). The highest BCUT2D eigenvalue weighted by molar-refractivity contribution is 5.76. The van der Waals surface area contributed by atoms with Crippen LogP contribution in [-0.2, 0) is 19.0 Å². The maximum absolute atomic E-state index is 13.2. The Labute approximate surface area is 175 Å². The molecule has 3 atom stereocenters. The number of carbonyl (C=O) groups is 1. The number of likely N-dealkylation sites (tertiary alicyclic amines) is 1. The van der Waals surface area contributed by atoms with Gasteiger partial charge in [-0.25, -0.2) is 0 Å². The quantitative estimate of drug-likeness (QED) is 0.752. The number of amides is 1. The van der Waals surface area contributed by atoms with Crippen LogP contribution in [0, 0.1) is 17.3 Å². The molecule has 0 aromatic rings. The van der Waals surface area contributed by atoms with Crippen LogP contribution in [0.2, 0.25) is 0 Å². The Kier molecular flexibility index (Phi) is 8.33. The smallest absolute Gasteiger partial charge is 0.223 e. The molecule has 7 nitrogen and oxygen atoms in total. The van der Waals surface area contributed by atoms with Gasteiger partial charge < -0.3 is 24.2 Å². The van der Waals surface area contributed by atoms with E-state index < -0.39 is 11.5 Å². The third kappa shape index (κ3) is 6.14. The van der Waals surface area contributed by atoms with E-state index in [9.17, 15) is 9.90 Å². The second-order valence-corrected chi connectivity index (χ2v) is 9.73. The summed E-state index contributed by atoms with van der Waals surface area (Å²) in [4.78, 5) is 17.6. The van der Waals surface area contributed by atoms with Gasteiger partial charge in [0.2, 0.25) is 5.91 Å². The van der Waals surface area contributed by atoms with Gasteiger partial charge in [-0.3, -0.25) is 9.69 Å². The first kappa shape index (κ1) is 22.9. The number of fused-ring (bicyclic) bond motifs is 1. The minimum absolute atomic E-state index is 0.146. The number of ether oxygens (including phenoxy) is 3. The molecule has 29 heavy (non-hydrogen) atoms. The fraction of sp³-hybridized carbons (Fsp3) is 0.955. The van der Waals surface area contributed by atoms with Crippen LogP contribution in [0.5, 0.6) is 0 Å². The lowest BCUT2D eigenvalue weighted by atomic mass is 9.79. The molecule has 0 saturated carbocycles. The Balaban J connectivity index is 1.70. The number of nitrogens with zero attached hydrogens (tertiary/aromatic N) is 2. The third-order valence-corrected chi connectivity index (χ3v) is 7.05. The minimum atomic E-state index is -0.625. The number of aliphatic hydroxyl groups excluding tert-OH is 1. The van der Waals surface area contributed by atoms with Crippen LogP contribution in [0.4, 0.5) is 0 Å². The van der Waals surface area contributed by atoms with Gasteiger partial charge in [-0.1, -0.05) is 13.8 Å². The highest BCUT2D eigenvalue weighted by Crippen LogP contribution is 2.33. The number of β-amino-alcohol motifs (C(OH)–C–C–N with tert-alkyl or cyclic N) is 1. The monoisotopic (exact) mass is 412 g/mol. The second-order valence-electron chi connectivity index (χ2n) is 9.73. The van der Waals surface area contributed by atoms with E-state index in [0.29, 0.717) is 57.2 Å². The summed E-state index contributed by atoms with van der Waals surface area (Å²) >= 11 is 0. The van der Waals surface area contributed by atoms with Gasteiger partial charge in [0, 0.05) is 45.2 Å². The molecule has 0 aliphatic carbocycles. The van der Waals surface area contributed by atoms with Gasteiger partial charge >= 0.3 is 0 Å². The van der Waals surface area contributed by atoms with Gasteiger partial charge in [0.05, 0.1) is 38.6 Å². The molecule has 0 aromatic carbocycles. The van der Waals surface area contributed by atoms with E-state index in [1.54, 1.807) is 12.0 Å². The van der Waals surface area contributed by atoms with Crippen molar-refractivity contribution in [3.63, 3.8) is 0 Å². The molecule has 0 unspecified atom stereocenters. The Morgan fingerprint density at radius 1 is 1.17 bits per heavy atom. The largest absolute Gasteiger partial charge is 0.391 e. The summed E-state index contributed by atoms with van der Waals surface area (Å²) in [7, 11) is 1.65. The van der Waals surface area contributed by atoms with Gasteiger partial charge in [-0.15, -0.1) is 0 Å². The summed E-state index contributed by atoms with van der Waals surface area (Å²) in [5, 5.41) is 10.8. The summed E-state index contributed by atoms with van der Waals surface area (Å²) in [6.45, 7) is 10.4. The molecule has 3 fully saturated rings. The maximum Gasteiger partial charge on any atom is 0.223 e. The summed E-state index contributed by atoms with van der Waals surface area (Å²) in [5.74, 6) is 1.06. The van der Waals surface area contributed by atoms with E-state index in [4.69, 9.17) is 14.2 Å². The van der Waals surface area contributed by atoms with Gasteiger partial charge in [0.15, 0.2) is 0 Å². The van der Waals surface area contributed by atoms with E-state index >= 15 is 0 Å². The Morgan fingerprint density at radius 3 is 2.66 bits per heavy atom. The van der Waals surface area contributed by atoms with Crippen molar-refractivity contribution in [2.75, 3.05) is 66.3 Å². The van der Waals surface area contributed by atoms with Crippen molar-refractivity contribution in [2.24, 2.45) is 17.3 Å². The van der Waals surface area contributed by atoms with Gasteiger partial charge in [0.1, 0.15) is 0 Å². The maximum atomic E-state index is 13.2. The lowest BCUT2D eigenvalue weighted by molar-refractivity contribution is -0.137.